The van der Waals surface area contributed by atoms with E-state index in [1.807, 2.05) is 6.07 Å². The first-order valence-electron chi connectivity index (χ1n) is 9.03. The Hall–Kier alpha value is -1.29. The van der Waals surface area contributed by atoms with Crippen LogP contribution in [0.4, 0.5) is 5.69 Å². The zero-order valence-electron chi connectivity index (χ0n) is 16.5. The van der Waals surface area contributed by atoms with Gasteiger partial charge in [-0.25, -0.2) is 4.99 Å². The van der Waals surface area contributed by atoms with Gasteiger partial charge in [-0.05, 0) is 19.4 Å². The molecule has 0 radical (unpaired) electrons. The second-order valence-electron chi connectivity index (χ2n) is 6.68. The highest BCUT2D eigenvalue weighted by Gasteiger charge is 2.22. The average molecular weight is 509 g/mol. The summed E-state index contributed by atoms with van der Waals surface area (Å²) in [6.45, 7) is 7.72. The molecule has 2 rings (SSSR count). The van der Waals surface area contributed by atoms with Crippen molar-refractivity contribution in [2.24, 2.45) is 4.99 Å². The molecule has 0 aromatic carbocycles. The van der Waals surface area contributed by atoms with Crippen LogP contribution >= 0.6 is 35.6 Å². The molecule has 0 bridgehead atoms. The van der Waals surface area contributed by atoms with E-state index in [1.165, 1.54) is 0 Å². The highest BCUT2D eigenvalue weighted by molar-refractivity contribution is 14.0. The molecule has 1 aliphatic rings. The third-order valence-electron chi connectivity index (χ3n) is 4.52. The first kappa shape index (κ1) is 23.7. The van der Waals surface area contributed by atoms with Crippen molar-refractivity contribution < 1.29 is 4.79 Å². The number of piperazine rings is 1. The van der Waals surface area contributed by atoms with Crippen molar-refractivity contribution >= 4 is 53.1 Å². The van der Waals surface area contributed by atoms with Gasteiger partial charge in [0.1, 0.15) is 6.54 Å². The van der Waals surface area contributed by atoms with E-state index >= 15 is 0 Å². The van der Waals surface area contributed by atoms with Crippen LogP contribution in [0, 0.1) is 0 Å². The Morgan fingerprint density at radius 3 is 2.59 bits per heavy atom. The number of hydrogen-bond donors (Lipinski definition) is 1. The van der Waals surface area contributed by atoms with E-state index in [-0.39, 0.29) is 36.4 Å². The quantitative estimate of drug-likeness (QED) is 0.376. The molecule has 1 saturated heterocycles. The first-order valence-corrected chi connectivity index (χ1v) is 9.40. The number of nitrogens with one attached hydrogen (secondary N) is 1. The van der Waals surface area contributed by atoms with Crippen LogP contribution in [0.1, 0.15) is 20.3 Å². The van der Waals surface area contributed by atoms with E-state index in [2.05, 4.69) is 38.9 Å². The van der Waals surface area contributed by atoms with Crippen LogP contribution in [0.2, 0.25) is 5.02 Å². The molecule has 0 saturated carbocycles. The van der Waals surface area contributed by atoms with Crippen molar-refractivity contribution in [2.45, 2.75) is 26.3 Å². The molecule has 152 valence electrons. The smallest absolute Gasteiger partial charge is 0.243 e. The van der Waals surface area contributed by atoms with Gasteiger partial charge in [0.25, 0.3) is 0 Å². The second-order valence-corrected chi connectivity index (χ2v) is 7.09. The van der Waals surface area contributed by atoms with Crippen LogP contribution in [-0.4, -0.2) is 79.5 Å². The molecule has 1 aromatic rings. The zero-order chi connectivity index (χ0) is 19.1. The molecular formula is C18H30ClIN6O. The Morgan fingerprint density at radius 1 is 1.37 bits per heavy atom. The van der Waals surface area contributed by atoms with Crippen molar-refractivity contribution in [1.82, 2.24) is 20.1 Å². The number of hydrogen-bond acceptors (Lipinski definition) is 4. The van der Waals surface area contributed by atoms with Crippen molar-refractivity contribution in [3.05, 3.63) is 23.5 Å². The van der Waals surface area contributed by atoms with Crippen LogP contribution in [0.5, 0.6) is 0 Å². The van der Waals surface area contributed by atoms with Gasteiger partial charge in [-0.1, -0.05) is 18.5 Å². The van der Waals surface area contributed by atoms with Gasteiger partial charge in [0.05, 0.1) is 10.7 Å². The minimum atomic E-state index is -0.00402. The fraction of sp³-hybridized carbons (Fsp3) is 0.611. The number of amides is 1. The molecule has 1 amide bonds. The minimum absolute atomic E-state index is 0. The molecule has 27 heavy (non-hydrogen) atoms. The summed E-state index contributed by atoms with van der Waals surface area (Å²) < 4.78 is 0. The minimum Gasteiger partial charge on any atom is -0.367 e. The lowest BCUT2D eigenvalue weighted by Gasteiger charge is -2.38. The predicted molar refractivity (Wildman–Crippen MR) is 122 cm³/mol. The number of carbonyl (C=O) groups is 1. The van der Waals surface area contributed by atoms with Gasteiger partial charge in [0.2, 0.25) is 5.91 Å². The van der Waals surface area contributed by atoms with E-state index in [0.29, 0.717) is 11.1 Å². The SMILES string of the molecule is CCC(C)NC(=NCC(=O)N(C)C)N1CCN(c2ccncc2Cl)CC1.I. The molecule has 7 nitrogen and oxygen atoms in total. The molecule has 1 aromatic heterocycles. The van der Waals surface area contributed by atoms with E-state index in [0.717, 1.165) is 44.2 Å². The maximum absolute atomic E-state index is 11.9. The predicted octanol–water partition coefficient (Wildman–Crippen LogP) is 2.31. The second kappa shape index (κ2) is 11.5. The molecule has 0 spiro atoms. The van der Waals surface area contributed by atoms with Crippen molar-refractivity contribution in [3.63, 3.8) is 0 Å². The van der Waals surface area contributed by atoms with Crippen LogP contribution in [0.3, 0.4) is 0 Å². The van der Waals surface area contributed by atoms with E-state index in [9.17, 15) is 4.79 Å². The summed E-state index contributed by atoms with van der Waals surface area (Å²) in [5.74, 6) is 0.797. The van der Waals surface area contributed by atoms with Crippen LogP contribution in [0.25, 0.3) is 0 Å². The highest BCUT2D eigenvalue weighted by atomic mass is 127. The summed E-state index contributed by atoms with van der Waals surface area (Å²) in [6, 6.07) is 2.25. The molecule has 1 N–H and O–H groups in total. The average Bonchev–Trinajstić information content (AvgIpc) is 2.65. The number of nitrogens with zero attached hydrogens (tertiary/aromatic N) is 5. The molecule has 0 aliphatic carbocycles. The fourth-order valence-electron chi connectivity index (χ4n) is 2.63. The third-order valence-corrected chi connectivity index (χ3v) is 4.81. The number of pyridine rings is 1. The van der Waals surface area contributed by atoms with Gasteiger partial charge < -0.3 is 20.0 Å². The molecule has 1 aliphatic heterocycles. The fourth-order valence-corrected chi connectivity index (χ4v) is 2.87. The van der Waals surface area contributed by atoms with Crippen LogP contribution in [-0.2, 0) is 4.79 Å². The van der Waals surface area contributed by atoms with Crippen molar-refractivity contribution in [3.8, 4) is 0 Å². The number of anilines is 1. The molecule has 1 unspecified atom stereocenters. The Morgan fingerprint density at radius 2 is 2.04 bits per heavy atom. The standard InChI is InChI=1S/C18H29ClN6O.HI/c1-5-14(2)22-18(21-13-17(26)23(3)4)25-10-8-24(9-11-25)16-6-7-20-12-15(16)19;/h6-7,12,14H,5,8-11,13H2,1-4H3,(H,21,22);1H. The lowest BCUT2D eigenvalue weighted by molar-refractivity contribution is -0.127. The number of guanidine groups is 1. The van der Waals surface area contributed by atoms with Gasteiger partial charge >= 0.3 is 0 Å². The lowest BCUT2D eigenvalue weighted by atomic mass is 10.2. The van der Waals surface area contributed by atoms with Gasteiger partial charge in [0, 0.05) is 58.7 Å². The molecule has 1 atom stereocenters. The number of halogens is 2. The molecule has 1 fully saturated rings. The van der Waals surface area contributed by atoms with Gasteiger partial charge in [0.15, 0.2) is 5.96 Å². The number of rotatable bonds is 5. The number of aliphatic imine (C=N–C) groups is 1. The Bertz CT molecular complexity index is 634. The van der Waals surface area contributed by atoms with Crippen LogP contribution < -0.4 is 10.2 Å². The number of carbonyl (C=O) groups excluding carboxylic acids is 1. The van der Waals surface area contributed by atoms with Gasteiger partial charge in [-0.15, -0.1) is 24.0 Å². The monoisotopic (exact) mass is 508 g/mol. The summed E-state index contributed by atoms with van der Waals surface area (Å²) in [5.41, 5.74) is 1.01. The van der Waals surface area contributed by atoms with Crippen LogP contribution in [0.15, 0.2) is 23.5 Å². The van der Waals surface area contributed by atoms with Gasteiger partial charge in [-0.3, -0.25) is 9.78 Å². The third kappa shape index (κ3) is 6.99. The maximum Gasteiger partial charge on any atom is 0.243 e. The lowest BCUT2D eigenvalue weighted by Crippen LogP contribution is -2.54. The summed E-state index contributed by atoms with van der Waals surface area (Å²) >= 11 is 6.26. The summed E-state index contributed by atoms with van der Waals surface area (Å²) in [6.07, 6.45) is 4.43. The topological polar surface area (TPSA) is 64.1 Å². The highest BCUT2D eigenvalue weighted by Crippen LogP contribution is 2.25. The van der Waals surface area contributed by atoms with Gasteiger partial charge in [-0.2, -0.15) is 0 Å². The largest absolute Gasteiger partial charge is 0.367 e. The van der Waals surface area contributed by atoms with E-state index in [1.54, 1.807) is 31.4 Å². The van der Waals surface area contributed by atoms with E-state index < -0.39 is 0 Å². The summed E-state index contributed by atoms with van der Waals surface area (Å²) in [4.78, 5) is 26.5. The number of aromatic nitrogens is 1. The number of likely N-dealkylation sites (N-methyl/N-ethyl adjacent to an activating group) is 1. The molecule has 2 heterocycles. The maximum atomic E-state index is 11.9. The Balaban J connectivity index is 0.00000364. The van der Waals surface area contributed by atoms with E-state index in [4.69, 9.17) is 11.6 Å². The van der Waals surface area contributed by atoms with Crippen molar-refractivity contribution in [1.29, 1.82) is 0 Å². The normalized spacial score (nSPS) is 15.8. The van der Waals surface area contributed by atoms with Crippen molar-refractivity contribution in [2.75, 3.05) is 51.7 Å². The summed E-state index contributed by atoms with van der Waals surface area (Å²) in [5, 5.41) is 4.12. The molecule has 9 heteroatoms. The Kier molecular flexibility index (Phi) is 10.1. The summed E-state index contributed by atoms with van der Waals surface area (Å²) in [7, 11) is 3.49. The Labute approximate surface area is 184 Å². The molecular weight excluding hydrogens is 479 g/mol. The first-order chi connectivity index (χ1) is 12.4. The zero-order valence-corrected chi connectivity index (χ0v) is 19.6.